The first-order chi connectivity index (χ1) is 12.6. The smallest absolute Gasteiger partial charge is 0.273 e. The molecule has 1 amide bonds. The van der Waals surface area contributed by atoms with E-state index >= 15 is 0 Å². The molecule has 0 fully saturated rings. The van der Waals surface area contributed by atoms with Crippen molar-refractivity contribution in [2.75, 3.05) is 5.43 Å². The zero-order valence-corrected chi connectivity index (χ0v) is 16.2. The number of nitrogens with one attached hydrogen (secondary N) is 1. The van der Waals surface area contributed by atoms with Crippen molar-refractivity contribution in [3.05, 3.63) is 56.2 Å². The van der Waals surface area contributed by atoms with Crippen molar-refractivity contribution in [3.63, 3.8) is 0 Å². The van der Waals surface area contributed by atoms with Gasteiger partial charge in [-0.1, -0.05) is 13.0 Å². The van der Waals surface area contributed by atoms with Crippen LogP contribution < -0.4 is 11.0 Å². The summed E-state index contributed by atoms with van der Waals surface area (Å²) in [7, 11) is 0. The van der Waals surface area contributed by atoms with E-state index in [1.807, 2.05) is 35.9 Å². The van der Waals surface area contributed by atoms with Gasteiger partial charge in [-0.3, -0.25) is 15.0 Å². The second-order valence-electron chi connectivity index (χ2n) is 5.54. The Hall–Kier alpha value is -2.36. The second-order valence-corrected chi connectivity index (χ2v) is 8.46. The Morgan fingerprint density at radius 1 is 1.35 bits per heavy atom. The van der Waals surface area contributed by atoms with E-state index in [1.54, 1.807) is 11.3 Å². The van der Waals surface area contributed by atoms with E-state index in [4.69, 9.17) is 0 Å². The molecule has 132 valence electrons. The summed E-state index contributed by atoms with van der Waals surface area (Å²) in [5.41, 5.74) is 3.01. The van der Waals surface area contributed by atoms with Gasteiger partial charge in [-0.2, -0.15) is 0 Å². The van der Waals surface area contributed by atoms with Crippen LogP contribution in [0.5, 0.6) is 0 Å². The first-order valence-electron chi connectivity index (χ1n) is 7.92. The Labute approximate surface area is 160 Å². The number of hydrogen-bond donors (Lipinski definition) is 1. The molecule has 4 heterocycles. The van der Waals surface area contributed by atoms with Crippen LogP contribution in [0.2, 0.25) is 0 Å². The summed E-state index contributed by atoms with van der Waals surface area (Å²) in [6, 6.07) is 5.81. The van der Waals surface area contributed by atoms with Gasteiger partial charge in [-0.25, -0.2) is 14.6 Å². The Bertz CT molecular complexity index is 1120. The molecule has 6 nitrogen and oxygen atoms in total. The molecule has 0 radical (unpaired) electrons. The largest absolute Gasteiger partial charge is 0.280 e. The maximum Gasteiger partial charge on any atom is 0.280 e. The quantitative estimate of drug-likeness (QED) is 0.554. The lowest BCUT2D eigenvalue weighted by Crippen LogP contribution is -2.33. The van der Waals surface area contributed by atoms with Gasteiger partial charge in [0.15, 0.2) is 0 Å². The van der Waals surface area contributed by atoms with Crippen LogP contribution in [0.15, 0.2) is 40.1 Å². The predicted molar refractivity (Wildman–Crippen MR) is 107 cm³/mol. The van der Waals surface area contributed by atoms with Gasteiger partial charge in [0.2, 0.25) is 5.91 Å². The van der Waals surface area contributed by atoms with Crippen LogP contribution in [-0.4, -0.2) is 20.6 Å². The molecule has 0 aliphatic heterocycles. The van der Waals surface area contributed by atoms with Crippen LogP contribution in [0.25, 0.3) is 20.1 Å². The number of amides is 1. The standard InChI is InChI=1S/C17H14N4O2S3/c1-2-11-7-12-15(26-11)18-9-21(17(12)23)20-14(22)6-10-8-25-16(19-10)13-4-3-5-24-13/h3-5,7-9H,2,6H2,1H3,(H,20,22). The van der Waals surface area contributed by atoms with Crippen LogP contribution in [0.3, 0.4) is 0 Å². The van der Waals surface area contributed by atoms with Gasteiger partial charge in [0, 0.05) is 10.3 Å². The molecular weight excluding hydrogens is 388 g/mol. The summed E-state index contributed by atoms with van der Waals surface area (Å²) < 4.78 is 1.14. The summed E-state index contributed by atoms with van der Waals surface area (Å²) in [5.74, 6) is -0.303. The van der Waals surface area contributed by atoms with Crippen molar-refractivity contribution in [3.8, 4) is 9.88 Å². The highest BCUT2D eigenvalue weighted by atomic mass is 32.1. The van der Waals surface area contributed by atoms with E-state index in [0.29, 0.717) is 15.9 Å². The van der Waals surface area contributed by atoms with Crippen LogP contribution in [0.4, 0.5) is 0 Å². The third-order valence-corrected chi connectivity index (χ3v) is 6.84. The Balaban J connectivity index is 1.50. The summed E-state index contributed by atoms with van der Waals surface area (Å²) in [5, 5.41) is 5.29. The highest BCUT2D eigenvalue weighted by Crippen LogP contribution is 2.27. The van der Waals surface area contributed by atoms with E-state index in [2.05, 4.69) is 15.4 Å². The molecule has 0 aliphatic carbocycles. The molecule has 0 saturated heterocycles. The summed E-state index contributed by atoms with van der Waals surface area (Å²) in [6.45, 7) is 2.03. The predicted octanol–water partition coefficient (Wildman–Crippen LogP) is 3.52. The second kappa shape index (κ2) is 7.10. The molecule has 26 heavy (non-hydrogen) atoms. The van der Waals surface area contributed by atoms with Crippen molar-refractivity contribution < 1.29 is 4.79 Å². The fourth-order valence-electron chi connectivity index (χ4n) is 2.47. The fraction of sp³-hybridized carbons (Fsp3) is 0.176. The molecule has 0 unspecified atom stereocenters. The van der Waals surface area contributed by atoms with E-state index in [1.165, 1.54) is 29.0 Å². The Morgan fingerprint density at radius 3 is 3.00 bits per heavy atom. The molecule has 0 aromatic carbocycles. The minimum Gasteiger partial charge on any atom is -0.273 e. The molecule has 0 saturated carbocycles. The SMILES string of the molecule is CCc1cc2c(=O)n(NC(=O)Cc3csc(-c4cccs4)n3)cnc2s1. The lowest BCUT2D eigenvalue weighted by molar-refractivity contribution is -0.116. The van der Waals surface area contributed by atoms with Crippen LogP contribution in [0.1, 0.15) is 17.5 Å². The Morgan fingerprint density at radius 2 is 2.23 bits per heavy atom. The van der Waals surface area contributed by atoms with Gasteiger partial charge in [-0.05, 0) is 23.9 Å². The number of carbonyl (C=O) groups is 1. The highest BCUT2D eigenvalue weighted by Gasteiger charge is 2.13. The topological polar surface area (TPSA) is 76.9 Å². The lowest BCUT2D eigenvalue weighted by atomic mass is 10.3. The molecule has 4 aromatic rings. The highest BCUT2D eigenvalue weighted by molar-refractivity contribution is 7.20. The van der Waals surface area contributed by atoms with Crippen molar-refractivity contribution in [1.29, 1.82) is 0 Å². The van der Waals surface area contributed by atoms with Gasteiger partial charge >= 0.3 is 0 Å². The fourth-order valence-corrected chi connectivity index (χ4v) is 5.03. The number of hydrogen-bond acceptors (Lipinski definition) is 7. The third-order valence-electron chi connectivity index (χ3n) is 3.72. The van der Waals surface area contributed by atoms with Crippen LogP contribution in [0, 0.1) is 0 Å². The number of carbonyl (C=O) groups excluding carboxylic acids is 1. The number of aryl methyl sites for hydroxylation is 1. The monoisotopic (exact) mass is 402 g/mol. The number of fused-ring (bicyclic) bond motifs is 1. The van der Waals surface area contributed by atoms with Crippen molar-refractivity contribution in [1.82, 2.24) is 14.6 Å². The first kappa shape index (κ1) is 17.1. The normalized spacial score (nSPS) is 11.1. The van der Waals surface area contributed by atoms with Crippen LogP contribution in [-0.2, 0) is 17.6 Å². The number of nitrogens with zero attached hydrogens (tertiary/aromatic N) is 3. The molecule has 0 spiro atoms. The zero-order chi connectivity index (χ0) is 18.1. The van der Waals surface area contributed by atoms with E-state index in [-0.39, 0.29) is 17.9 Å². The molecule has 0 bridgehead atoms. The average molecular weight is 403 g/mol. The number of aromatic nitrogens is 3. The molecule has 9 heteroatoms. The molecule has 0 aliphatic rings. The van der Waals surface area contributed by atoms with Gasteiger partial charge in [0.25, 0.3) is 5.56 Å². The first-order valence-corrected chi connectivity index (χ1v) is 10.5. The minimum atomic E-state index is -0.303. The number of thiazole rings is 1. The van der Waals surface area contributed by atoms with E-state index < -0.39 is 0 Å². The van der Waals surface area contributed by atoms with Crippen molar-refractivity contribution in [2.24, 2.45) is 0 Å². The molecule has 4 rings (SSSR count). The minimum absolute atomic E-state index is 0.107. The van der Waals surface area contributed by atoms with Gasteiger partial charge in [-0.15, -0.1) is 34.0 Å². The maximum atomic E-state index is 12.5. The van der Waals surface area contributed by atoms with Crippen molar-refractivity contribution >= 4 is 50.1 Å². The molecule has 0 atom stereocenters. The summed E-state index contributed by atoms with van der Waals surface area (Å²) in [6.07, 6.45) is 2.32. The molecular formula is C17H14N4O2S3. The van der Waals surface area contributed by atoms with Crippen LogP contribution >= 0.6 is 34.0 Å². The van der Waals surface area contributed by atoms with Crippen molar-refractivity contribution in [2.45, 2.75) is 19.8 Å². The molecule has 4 aromatic heterocycles. The number of rotatable bonds is 5. The third kappa shape index (κ3) is 3.33. The summed E-state index contributed by atoms with van der Waals surface area (Å²) >= 11 is 4.62. The average Bonchev–Trinajstić information content (AvgIpc) is 3.36. The Kier molecular flexibility index (Phi) is 4.66. The van der Waals surface area contributed by atoms with E-state index in [0.717, 1.165) is 25.9 Å². The van der Waals surface area contributed by atoms with Gasteiger partial charge in [0.05, 0.1) is 22.4 Å². The van der Waals surface area contributed by atoms with Gasteiger partial charge in [0.1, 0.15) is 16.2 Å². The zero-order valence-electron chi connectivity index (χ0n) is 13.8. The number of thiophene rings is 2. The summed E-state index contributed by atoms with van der Waals surface area (Å²) in [4.78, 5) is 36.4. The van der Waals surface area contributed by atoms with E-state index in [9.17, 15) is 9.59 Å². The van der Waals surface area contributed by atoms with Gasteiger partial charge < -0.3 is 0 Å². The lowest BCUT2D eigenvalue weighted by Gasteiger charge is -2.06. The molecule has 1 N–H and O–H groups in total. The maximum absolute atomic E-state index is 12.5.